The number of carbonyl (C=O) groups is 1. The van der Waals surface area contributed by atoms with Crippen LogP contribution in [-0.4, -0.2) is 15.8 Å². The van der Waals surface area contributed by atoms with Gasteiger partial charge in [-0.05, 0) is 44.2 Å². The Hall–Kier alpha value is -2.79. The number of aromatic nitrogens is 2. The molecule has 1 N–H and O–H groups in total. The summed E-state index contributed by atoms with van der Waals surface area (Å²) in [5.41, 5.74) is 2.05. The van der Waals surface area contributed by atoms with Gasteiger partial charge < -0.3 is 10.1 Å². The first-order valence-electron chi connectivity index (χ1n) is 7.40. The zero-order valence-electron chi connectivity index (χ0n) is 13.3. The molecule has 0 bridgehead atoms. The van der Waals surface area contributed by atoms with Crippen molar-refractivity contribution in [3.8, 4) is 11.5 Å². The van der Waals surface area contributed by atoms with Gasteiger partial charge in [0.2, 0.25) is 0 Å². The van der Waals surface area contributed by atoms with Gasteiger partial charge in [-0.2, -0.15) is 9.78 Å². The van der Waals surface area contributed by atoms with Gasteiger partial charge in [0.05, 0.1) is 11.4 Å². The minimum absolute atomic E-state index is 0.360. The standard InChI is InChI=1S/C18H16ClN3O2/c1-12-10-13(2)22(21-12)18(23)20-16-9-8-14(19)11-17(16)24-15-6-4-3-5-7-15/h3-11H,1-2H3,(H,20,23). The molecule has 1 heterocycles. The largest absolute Gasteiger partial charge is 0.455 e. The lowest BCUT2D eigenvalue weighted by molar-refractivity contribution is 0.250. The number of para-hydroxylation sites is 1. The first-order valence-corrected chi connectivity index (χ1v) is 7.78. The summed E-state index contributed by atoms with van der Waals surface area (Å²) in [7, 11) is 0. The van der Waals surface area contributed by atoms with Crippen molar-refractivity contribution in [3.63, 3.8) is 0 Å². The van der Waals surface area contributed by atoms with E-state index < -0.39 is 0 Å². The van der Waals surface area contributed by atoms with Gasteiger partial charge in [-0.25, -0.2) is 4.79 Å². The predicted octanol–water partition coefficient (Wildman–Crippen LogP) is 5.03. The lowest BCUT2D eigenvalue weighted by Gasteiger charge is -2.13. The fraction of sp³-hybridized carbons (Fsp3) is 0.111. The smallest absolute Gasteiger partial charge is 0.346 e. The average molecular weight is 342 g/mol. The van der Waals surface area contributed by atoms with Crippen LogP contribution >= 0.6 is 11.6 Å². The number of halogens is 1. The zero-order valence-corrected chi connectivity index (χ0v) is 14.0. The van der Waals surface area contributed by atoms with Crippen LogP contribution in [0.3, 0.4) is 0 Å². The van der Waals surface area contributed by atoms with E-state index in [4.69, 9.17) is 16.3 Å². The second-order valence-corrected chi connectivity index (χ2v) is 5.76. The molecule has 122 valence electrons. The van der Waals surface area contributed by atoms with Gasteiger partial charge in [0, 0.05) is 16.8 Å². The number of benzene rings is 2. The first kappa shape index (κ1) is 16.1. The Morgan fingerprint density at radius 3 is 2.54 bits per heavy atom. The molecule has 3 rings (SSSR count). The van der Waals surface area contributed by atoms with Gasteiger partial charge in [-0.3, -0.25) is 0 Å². The number of amides is 1. The molecule has 0 saturated carbocycles. The molecule has 24 heavy (non-hydrogen) atoms. The van der Waals surface area contributed by atoms with Crippen LogP contribution < -0.4 is 10.1 Å². The number of nitrogens with zero attached hydrogens (tertiary/aromatic N) is 2. The number of hydrogen-bond acceptors (Lipinski definition) is 3. The maximum absolute atomic E-state index is 12.4. The van der Waals surface area contributed by atoms with E-state index in [1.54, 1.807) is 18.2 Å². The molecule has 0 aliphatic rings. The van der Waals surface area contributed by atoms with E-state index >= 15 is 0 Å². The molecule has 0 spiro atoms. The summed E-state index contributed by atoms with van der Waals surface area (Å²) in [4.78, 5) is 12.4. The summed E-state index contributed by atoms with van der Waals surface area (Å²) in [6, 6.07) is 15.8. The molecule has 0 radical (unpaired) electrons. The van der Waals surface area contributed by atoms with Crippen LogP contribution in [0.5, 0.6) is 11.5 Å². The Morgan fingerprint density at radius 2 is 1.88 bits per heavy atom. The molecule has 0 atom stereocenters. The van der Waals surface area contributed by atoms with Gasteiger partial charge in [-0.15, -0.1) is 0 Å². The van der Waals surface area contributed by atoms with Crippen molar-refractivity contribution in [2.24, 2.45) is 0 Å². The summed E-state index contributed by atoms with van der Waals surface area (Å²) in [5.74, 6) is 1.12. The average Bonchev–Trinajstić information content (AvgIpc) is 2.89. The summed E-state index contributed by atoms with van der Waals surface area (Å²) < 4.78 is 7.15. The van der Waals surface area contributed by atoms with Gasteiger partial charge in [-0.1, -0.05) is 29.8 Å². The van der Waals surface area contributed by atoms with E-state index in [1.807, 2.05) is 50.2 Å². The quantitative estimate of drug-likeness (QED) is 0.727. The van der Waals surface area contributed by atoms with Crippen molar-refractivity contribution in [1.82, 2.24) is 9.78 Å². The number of hydrogen-bond donors (Lipinski definition) is 1. The van der Waals surface area contributed by atoms with Gasteiger partial charge in [0.1, 0.15) is 5.75 Å². The van der Waals surface area contributed by atoms with E-state index in [9.17, 15) is 4.79 Å². The highest BCUT2D eigenvalue weighted by atomic mass is 35.5. The maximum Gasteiger partial charge on any atom is 0.346 e. The first-order chi connectivity index (χ1) is 11.5. The van der Waals surface area contributed by atoms with Gasteiger partial charge >= 0.3 is 6.03 Å². The third-order valence-electron chi connectivity index (χ3n) is 3.36. The molecule has 2 aromatic carbocycles. The molecular formula is C18H16ClN3O2. The highest BCUT2D eigenvalue weighted by Crippen LogP contribution is 2.32. The fourth-order valence-corrected chi connectivity index (χ4v) is 2.46. The number of aryl methyl sites for hydroxylation is 2. The van der Waals surface area contributed by atoms with Gasteiger partial charge in [0.15, 0.2) is 5.75 Å². The van der Waals surface area contributed by atoms with Crippen LogP contribution in [0, 0.1) is 13.8 Å². The highest BCUT2D eigenvalue weighted by Gasteiger charge is 2.14. The van der Waals surface area contributed by atoms with Crippen LogP contribution in [0.15, 0.2) is 54.6 Å². The summed E-state index contributed by atoms with van der Waals surface area (Å²) in [5, 5.41) is 7.50. The van der Waals surface area contributed by atoms with Crippen molar-refractivity contribution in [2.75, 3.05) is 5.32 Å². The molecule has 0 aliphatic heterocycles. The molecule has 0 unspecified atom stereocenters. The second kappa shape index (κ2) is 6.76. The lowest BCUT2D eigenvalue weighted by atomic mass is 10.3. The molecule has 1 amide bonds. The Bertz CT molecular complexity index is 875. The Morgan fingerprint density at radius 1 is 1.12 bits per heavy atom. The maximum atomic E-state index is 12.4. The molecule has 0 aliphatic carbocycles. The Kier molecular flexibility index (Phi) is 4.53. The van der Waals surface area contributed by atoms with Crippen molar-refractivity contribution in [3.05, 3.63) is 71.0 Å². The molecule has 0 saturated heterocycles. The topological polar surface area (TPSA) is 56.2 Å². The van der Waals surface area contributed by atoms with Crippen LogP contribution in [0.4, 0.5) is 10.5 Å². The van der Waals surface area contributed by atoms with E-state index in [1.165, 1.54) is 4.68 Å². The predicted molar refractivity (Wildman–Crippen MR) is 94.1 cm³/mol. The van der Waals surface area contributed by atoms with Crippen molar-refractivity contribution in [1.29, 1.82) is 0 Å². The van der Waals surface area contributed by atoms with Crippen molar-refractivity contribution in [2.45, 2.75) is 13.8 Å². The van der Waals surface area contributed by atoms with Gasteiger partial charge in [0.25, 0.3) is 0 Å². The fourth-order valence-electron chi connectivity index (χ4n) is 2.30. The third kappa shape index (κ3) is 3.58. The third-order valence-corrected chi connectivity index (χ3v) is 3.59. The van der Waals surface area contributed by atoms with E-state index in [0.717, 1.165) is 11.4 Å². The van der Waals surface area contributed by atoms with Crippen LogP contribution in [-0.2, 0) is 0 Å². The number of anilines is 1. The number of carbonyl (C=O) groups excluding carboxylic acids is 1. The molecule has 5 nitrogen and oxygen atoms in total. The normalized spacial score (nSPS) is 10.5. The van der Waals surface area contributed by atoms with Crippen LogP contribution in [0.2, 0.25) is 5.02 Å². The number of ether oxygens (including phenoxy) is 1. The summed E-state index contributed by atoms with van der Waals surface area (Å²) in [6.45, 7) is 3.66. The zero-order chi connectivity index (χ0) is 17.1. The van der Waals surface area contributed by atoms with Crippen LogP contribution in [0.25, 0.3) is 0 Å². The highest BCUT2D eigenvalue weighted by molar-refractivity contribution is 6.30. The van der Waals surface area contributed by atoms with Crippen molar-refractivity contribution >= 4 is 23.3 Å². The number of nitrogens with one attached hydrogen (secondary N) is 1. The van der Waals surface area contributed by atoms with E-state index in [2.05, 4.69) is 10.4 Å². The lowest BCUT2D eigenvalue weighted by Crippen LogP contribution is -2.22. The molecule has 0 fully saturated rings. The molecule has 6 heteroatoms. The minimum atomic E-state index is -0.360. The molecule has 3 aromatic rings. The molecular weight excluding hydrogens is 326 g/mol. The SMILES string of the molecule is Cc1cc(C)n(C(=O)Nc2ccc(Cl)cc2Oc2ccccc2)n1. The Labute approximate surface area is 144 Å². The monoisotopic (exact) mass is 341 g/mol. The second-order valence-electron chi connectivity index (χ2n) is 5.32. The van der Waals surface area contributed by atoms with Crippen molar-refractivity contribution < 1.29 is 9.53 Å². The molecule has 1 aromatic heterocycles. The Balaban J connectivity index is 1.88. The number of rotatable bonds is 3. The summed E-state index contributed by atoms with van der Waals surface area (Å²) in [6.07, 6.45) is 0. The van der Waals surface area contributed by atoms with Crippen LogP contribution in [0.1, 0.15) is 11.4 Å². The van der Waals surface area contributed by atoms with E-state index in [-0.39, 0.29) is 6.03 Å². The summed E-state index contributed by atoms with van der Waals surface area (Å²) >= 11 is 6.05. The minimum Gasteiger partial charge on any atom is -0.455 e. The van der Waals surface area contributed by atoms with E-state index in [0.29, 0.717) is 22.2 Å².